The first kappa shape index (κ1) is 20.1. The highest BCUT2D eigenvalue weighted by molar-refractivity contribution is 4.92. The maximum Gasteiger partial charge on any atom is -0.0348 e. The van der Waals surface area contributed by atoms with Crippen LogP contribution in [0.1, 0.15) is 105 Å². The highest BCUT2D eigenvalue weighted by Crippen LogP contribution is 2.07. The van der Waals surface area contributed by atoms with Crippen LogP contribution in [0.2, 0.25) is 0 Å². The van der Waals surface area contributed by atoms with Crippen molar-refractivity contribution in [2.24, 2.45) is 0 Å². The van der Waals surface area contributed by atoms with Gasteiger partial charge in [0.1, 0.15) is 0 Å². The zero-order valence-electron chi connectivity index (χ0n) is 13.9. The smallest absolute Gasteiger partial charge is 0.0348 e. The van der Waals surface area contributed by atoms with Gasteiger partial charge in [-0.3, -0.25) is 0 Å². The van der Waals surface area contributed by atoms with Crippen molar-refractivity contribution in [2.45, 2.75) is 105 Å². The molecule has 0 aromatic carbocycles. The zero-order valence-corrected chi connectivity index (χ0v) is 13.9. The second-order valence-corrected chi connectivity index (χ2v) is 5.55. The topological polar surface area (TPSA) is 0 Å². The predicted octanol–water partition coefficient (Wildman–Crippen LogP) is 7.29. The standard InChI is InChI=1S/C10H22.C8H16/c1-3-5-7-9-10-8-6-4-2;1-4-5-6-7-8(2)3/h3-10H2,1-2H3;7H,4-6H2,1-3H3. The molecule has 0 heteroatoms. The lowest BCUT2D eigenvalue weighted by atomic mass is 10.1. The molecule has 0 unspecified atom stereocenters. The van der Waals surface area contributed by atoms with E-state index in [1.54, 1.807) is 0 Å². The first-order valence-electron chi connectivity index (χ1n) is 8.32. The lowest BCUT2D eigenvalue weighted by Crippen LogP contribution is -1.77. The van der Waals surface area contributed by atoms with Crippen LogP contribution in [0, 0.1) is 0 Å². The van der Waals surface area contributed by atoms with Gasteiger partial charge in [0.2, 0.25) is 0 Å². The molecule has 110 valence electrons. The molecule has 0 nitrogen and oxygen atoms in total. The third-order valence-corrected chi connectivity index (χ3v) is 3.07. The van der Waals surface area contributed by atoms with Crippen LogP contribution in [0.15, 0.2) is 11.6 Å². The third kappa shape index (κ3) is 24.8. The average Bonchev–Trinajstić information content (AvgIpc) is 2.34. The molecule has 0 N–H and O–H groups in total. The molecule has 0 heterocycles. The molecule has 0 atom stereocenters. The fourth-order valence-electron chi connectivity index (χ4n) is 1.80. The summed E-state index contributed by atoms with van der Waals surface area (Å²) in [6.45, 7) is 11.1. The minimum absolute atomic E-state index is 1.26. The van der Waals surface area contributed by atoms with Gasteiger partial charge in [0.25, 0.3) is 0 Å². The molecule has 0 radical (unpaired) electrons. The second kappa shape index (κ2) is 19.1. The molecule has 0 aliphatic carbocycles. The van der Waals surface area contributed by atoms with E-state index < -0.39 is 0 Å². The van der Waals surface area contributed by atoms with Crippen LogP contribution < -0.4 is 0 Å². The molecular formula is C18H38. The summed E-state index contributed by atoms with van der Waals surface area (Å²) in [6.07, 6.45) is 17.7. The van der Waals surface area contributed by atoms with E-state index in [-0.39, 0.29) is 0 Å². The van der Waals surface area contributed by atoms with Crippen LogP contribution in [-0.2, 0) is 0 Å². The lowest BCUT2D eigenvalue weighted by Gasteiger charge is -1.97. The highest BCUT2D eigenvalue weighted by atomic mass is 13.9. The Balaban J connectivity index is 0. The first-order valence-corrected chi connectivity index (χ1v) is 8.32. The second-order valence-electron chi connectivity index (χ2n) is 5.55. The van der Waals surface area contributed by atoms with Crippen molar-refractivity contribution >= 4 is 0 Å². The molecule has 0 saturated heterocycles. The molecule has 0 aliphatic rings. The van der Waals surface area contributed by atoms with E-state index in [1.165, 1.54) is 76.2 Å². The molecule has 0 aromatic heterocycles. The summed E-state index contributed by atoms with van der Waals surface area (Å²) in [7, 11) is 0. The maximum atomic E-state index is 2.30. The molecular weight excluding hydrogens is 216 g/mol. The minimum Gasteiger partial charge on any atom is -0.0859 e. The van der Waals surface area contributed by atoms with Gasteiger partial charge in [0.15, 0.2) is 0 Å². The van der Waals surface area contributed by atoms with E-state index in [1.807, 2.05) is 0 Å². The van der Waals surface area contributed by atoms with Crippen LogP contribution in [-0.4, -0.2) is 0 Å². The number of hydrogen-bond acceptors (Lipinski definition) is 0. The summed E-state index contributed by atoms with van der Waals surface area (Å²) < 4.78 is 0. The van der Waals surface area contributed by atoms with Crippen molar-refractivity contribution in [3.05, 3.63) is 11.6 Å². The van der Waals surface area contributed by atoms with E-state index in [2.05, 4.69) is 40.7 Å². The average molecular weight is 255 g/mol. The molecule has 0 saturated carbocycles. The normalized spacial score (nSPS) is 9.61. The molecule has 0 rings (SSSR count). The van der Waals surface area contributed by atoms with Gasteiger partial charge >= 0.3 is 0 Å². The van der Waals surface area contributed by atoms with E-state index in [4.69, 9.17) is 0 Å². The number of rotatable bonds is 10. The number of hydrogen-bond donors (Lipinski definition) is 0. The van der Waals surface area contributed by atoms with Gasteiger partial charge in [-0.05, 0) is 20.3 Å². The van der Waals surface area contributed by atoms with E-state index >= 15 is 0 Å². The van der Waals surface area contributed by atoms with Crippen LogP contribution >= 0.6 is 0 Å². The van der Waals surface area contributed by atoms with Gasteiger partial charge in [0.05, 0.1) is 0 Å². The summed E-state index contributed by atoms with van der Waals surface area (Å²) in [5, 5.41) is 0. The number of allylic oxidation sites excluding steroid dienone is 2. The SMILES string of the molecule is CCCCC=C(C)C.CCCCCCCCCC. The zero-order chi connectivity index (χ0) is 14.1. The lowest BCUT2D eigenvalue weighted by molar-refractivity contribution is 0.585. The Labute approximate surface area is 117 Å². The van der Waals surface area contributed by atoms with Crippen molar-refractivity contribution < 1.29 is 0 Å². The molecule has 0 amide bonds. The van der Waals surface area contributed by atoms with Crippen molar-refractivity contribution in [3.63, 3.8) is 0 Å². The summed E-state index contributed by atoms with van der Waals surface area (Å²) in [5.74, 6) is 0. The fraction of sp³-hybridized carbons (Fsp3) is 0.889. The van der Waals surface area contributed by atoms with E-state index in [9.17, 15) is 0 Å². The highest BCUT2D eigenvalue weighted by Gasteiger charge is 1.87. The third-order valence-electron chi connectivity index (χ3n) is 3.07. The van der Waals surface area contributed by atoms with Gasteiger partial charge in [-0.15, -0.1) is 0 Å². The van der Waals surface area contributed by atoms with Gasteiger partial charge in [-0.25, -0.2) is 0 Å². The Morgan fingerprint density at radius 2 is 1.00 bits per heavy atom. The molecule has 0 aromatic rings. The monoisotopic (exact) mass is 254 g/mol. The minimum atomic E-state index is 1.26. The maximum absolute atomic E-state index is 2.30. The Bertz CT molecular complexity index is 143. The molecule has 0 aliphatic heterocycles. The molecule has 0 fully saturated rings. The Hall–Kier alpha value is -0.260. The van der Waals surface area contributed by atoms with Gasteiger partial charge in [-0.2, -0.15) is 0 Å². The largest absolute Gasteiger partial charge is 0.0859 e. The van der Waals surface area contributed by atoms with Gasteiger partial charge < -0.3 is 0 Å². The molecule has 0 bridgehead atoms. The van der Waals surface area contributed by atoms with E-state index in [0.29, 0.717) is 0 Å². The van der Waals surface area contributed by atoms with Crippen LogP contribution in [0.5, 0.6) is 0 Å². The van der Waals surface area contributed by atoms with Crippen molar-refractivity contribution in [3.8, 4) is 0 Å². The summed E-state index contributed by atoms with van der Waals surface area (Å²) in [6, 6.07) is 0. The molecule has 18 heavy (non-hydrogen) atoms. The van der Waals surface area contributed by atoms with Crippen molar-refractivity contribution in [2.75, 3.05) is 0 Å². The van der Waals surface area contributed by atoms with Crippen LogP contribution in [0.3, 0.4) is 0 Å². The fourth-order valence-corrected chi connectivity index (χ4v) is 1.80. The van der Waals surface area contributed by atoms with Crippen LogP contribution in [0.25, 0.3) is 0 Å². The van der Waals surface area contributed by atoms with Gasteiger partial charge in [-0.1, -0.05) is 96.6 Å². The Morgan fingerprint density at radius 1 is 0.611 bits per heavy atom. The van der Waals surface area contributed by atoms with Crippen molar-refractivity contribution in [1.82, 2.24) is 0 Å². The summed E-state index contributed by atoms with van der Waals surface area (Å²) >= 11 is 0. The van der Waals surface area contributed by atoms with E-state index in [0.717, 1.165) is 0 Å². The summed E-state index contributed by atoms with van der Waals surface area (Å²) in [5.41, 5.74) is 1.44. The van der Waals surface area contributed by atoms with Crippen molar-refractivity contribution in [1.29, 1.82) is 0 Å². The molecule has 0 spiro atoms. The van der Waals surface area contributed by atoms with Gasteiger partial charge in [0, 0.05) is 0 Å². The Morgan fingerprint density at radius 3 is 1.33 bits per heavy atom. The summed E-state index contributed by atoms with van der Waals surface area (Å²) in [4.78, 5) is 0. The van der Waals surface area contributed by atoms with Crippen LogP contribution in [0.4, 0.5) is 0 Å². The quantitative estimate of drug-likeness (QED) is 0.283. The first-order chi connectivity index (χ1) is 8.68. The Kier molecular flexibility index (Phi) is 21.3. The predicted molar refractivity (Wildman–Crippen MR) is 87.2 cm³/mol. The number of unbranched alkanes of at least 4 members (excludes halogenated alkanes) is 9.